The Hall–Kier alpha value is -2.53. The molecule has 0 spiro atoms. The fourth-order valence-corrected chi connectivity index (χ4v) is 3.12. The number of rotatable bonds is 5. The van der Waals surface area contributed by atoms with Crippen LogP contribution in [0, 0.1) is 0 Å². The van der Waals surface area contributed by atoms with E-state index in [0.717, 1.165) is 5.75 Å². The number of carbonyl (C=O) groups excluding carboxylic acids is 2. The number of para-hydroxylation sites is 1. The molecule has 1 saturated heterocycles. The third-order valence-corrected chi connectivity index (χ3v) is 4.68. The predicted molar refractivity (Wildman–Crippen MR) is 100 cm³/mol. The Morgan fingerprint density at radius 3 is 2.50 bits per heavy atom. The van der Waals surface area contributed by atoms with Crippen molar-refractivity contribution in [2.24, 2.45) is 0 Å². The molecular formula is C20H21ClN2O3. The lowest BCUT2D eigenvalue weighted by molar-refractivity contribution is -0.130. The molecule has 1 heterocycles. The van der Waals surface area contributed by atoms with Crippen molar-refractivity contribution in [1.29, 1.82) is 0 Å². The molecule has 0 aromatic heterocycles. The molecule has 2 amide bonds. The molecule has 5 nitrogen and oxygen atoms in total. The van der Waals surface area contributed by atoms with E-state index in [1.807, 2.05) is 30.3 Å². The first-order chi connectivity index (χ1) is 12.6. The number of amides is 2. The minimum Gasteiger partial charge on any atom is -0.492 e. The molecule has 2 aromatic rings. The third kappa shape index (κ3) is 4.55. The Bertz CT molecular complexity index is 767. The molecule has 6 heteroatoms. The Kier molecular flexibility index (Phi) is 6.12. The minimum absolute atomic E-state index is 0.0381. The van der Waals surface area contributed by atoms with Gasteiger partial charge in [0, 0.05) is 26.1 Å². The quantitative estimate of drug-likeness (QED) is 0.810. The molecule has 0 atom stereocenters. The van der Waals surface area contributed by atoms with Crippen molar-refractivity contribution in [2.45, 2.75) is 6.42 Å². The van der Waals surface area contributed by atoms with E-state index in [9.17, 15) is 9.59 Å². The molecule has 136 valence electrons. The van der Waals surface area contributed by atoms with Crippen LogP contribution in [0.2, 0.25) is 5.02 Å². The van der Waals surface area contributed by atoms with Crippen molar-refractivity contribution < 1.29 is 14.3 Å². The van der Waals surface area contributed by atoms with Gasteiger partial charge in [-0.2, -0.15) is 0 Å². The second-order valence-electron chi connectivity index (χ2n) is 6.06. The van der Waals surface area contributed by atoms with Gasteiger partial charge < -0.3 is 14.5 Å². The number of halogens is 1. The summed E-state index contributed by atoms with van der Waals surface area (Å²) in [6, 6.07) is 16.5. The average Bonchev–Trinajstić information content (AvgIpc) is 2.85. The van der Waals surface area contributed by atoms with Gasteiger partial charge in [-0.1, -0.05) is 41.9 Å². The van der Waals surface area contributed by atoms with Gasteiger partial charge in [0.25, 0.3) is 5.91 Å². The Morgan fingerprint density at radius 1 is 1.00 bits per heavy atom. The Balaban J connectivity index is 1.55. The number of nitrogens with zero attached hydrogens (tertiary/aromatic N) is 2. The summed E-state index contributed by atoms with van der Waals surface area (Å²) in [5.74, 6) is 0.687. The highest BCUT2D eigenvalue weighted by atomic mass is 35.5. The Labute approximate surface area is 158 Å². The first kappa shape index (κ1) is 18.3. The lowest BCUT2D eigenvalue weighted by Crippen LogP contribution is -2.37. The van der Waals surface area contributed by atoms with Crippen LogP contribution in [-0.4, -0.2) is 54.4 Å². The van der Waals surface area contributed by atoms with Gasteiger partial charge in [-0.05, 0) is 24.3 Å². The maximum absolute atomic E-state index is 12.7. The maximum atomic E-state index is 12.7. The smallest absolute Gasteiger partial charge is 0.255 e. The summed E-state index contributed by atoms with van der Waals surface area (Å²) >= 11 is 6.12. The number of hydrogen-bond donors (Lipinski definition) is 0. The van der Waals surface area contributed by atoms with Crippen LogP contribution >= 0.6 is 11.6 Å². The lowest BCUT2D eigenvalue weighted by atomic mass is 10.2. The summed E-state index contributed by atoms with van der Waals surface area (Å²) in [5.41, 5.74) is 0.475. The zero-order valence-corrected chi connectivity index (χ0v) is 15.2. The molecule has 0 radical (unpaired) electrons. The zero-order valence-electron chi connectivity index (χ0n) is 14.4. The normalized spacial score (nSPS) is 14.9. The monoisotopic (exact) mass is 372 g/mol. The molecule has 26 heavy (non-hydrogen) atoms. The highest BCUT2D eigenvalue weighted by Gasteiger charge is 2.25. The molecule has 0 aliphatic carbocycles. The number of ether oxygens (including phenoxy) is 1. The van der Waals surface area contributed by atoms with Crippen LogP contribution < -0.4 is 4.74 Å². The largest absolute Gasteiger partial charge is 0.492 e. The topological polar surface area (TPSA) is 49.9 Å². The van der Waals surface area contributed by atoms with Crippen molar-refractivity contribution in [3.63, 3.8) is 0 Å². The third-order valence-electron chi connectivity index (χ3n) is 4.35. The van der Waals surface area contributed by atoms with E-state index in [2.05, 4.69) is 0 Å². The predicted octanol–water partition coefficient (Wildman–Crippen LogP) is 3.09. The van der Waals surface area contributed by atoms with Gasteiger partial charge in [0.2, 0.25) is 5.91 Å². The van der Waals surface area contributed by atoms with Gasteiger partial charge in [0.15, 0.2) is 0 Å². The van der Waals surface area contributed by atoms with E-state index in [-0.39, 0.29) is 11.8 Å². The molecule has 2 aromatic carbocycles. The van der Waals surface area contributed by atoms with Gasteiger partial charge in [0.1, 0.15) is 12.4 Å². The molecular weight excluding hydrogens is 352 g/mol. The summed E-state index contributed by atoms with van der Waals surface area (Å²) in [6.07, 6.45) is 0.307. The first-order valence-corrected chi connectivity index (χ1v) is 9.02. The van der Waals surface area contributed by atoms with E-state index in [1.54, 1.807) is 34.1 Å². The van der Waals surface area contributed by atoms with Crippen molar-refractivity contribution >= 4 is 23.4 Å². The highest BCUT2D eigenvalue weighted by molar-refractivity contribution is 6.33. The van der Waals surface area contributed by atoms with E-state index in [1.165, 1.54) is 0 Å². The van der Waals surface area contributed by atoms with Crippen LogP contribution in [0.15, 0.2) is 54.6 Å². The molecule has 0 unspecified atom stereocenters. The van der Waals surface area contributed by atoms with Crippen LogP contribution in [0.5, 0.6) is 5.75 Å². The maximum Gasteiger partial charge on any atom is 0.255 e. The molecule has 1 fully saturated rings. The number of benzene rings is 2. The second kappa shape index (κ2) is 8.72. The van der Waals surface area contributed by atoms with Crippen LogP contribution in [0.1, 0.15) is 16.8 Å². The standard InChI is InChI=1S/C20H21ClN2O3/c21-18-9-5-4-8-17(18)20(25)23-11-10-19(24)22(12-13-23)14-15-26-16-6-2-1-3-7-16/h1-9H,10-15H2. The minimum atomic E-state index is -0.134. The molecule has 1 aliphatic rings. The van der Waals surface area contributed by atoms with Crippen molar-refractivity contribution in [3.05, 3.63) is 65.2 Å². The number of carbonyl (C=O) groups is 2. The van der Waals surface area contributed by atoms with E-state index in [0.29, 0.717) is 49.8 Å². The summed E-state index contributed by atoms with van der Waals surface area (Å²) in [7, 11) is 0. The van der Waals surface area contributed by atoms with E-state index in [4.69, 9.17) is 16.3 Å². The molecule has 0 saturated carbocycles. The molecule has 1 aliphatic heterocycles. The van der Waals surface area contributed by atoms with E-state index >= 15 is 0 Å². The number of hydrogen-bond acceptors (Lipinski definition) is 3. The van der Waals surface area contributed by atoms with Crippen molar-refractivity contribution in [2.75, 3.05) is 32.8 Å². The molecule has 3 rings (SSSR count). The van der Waals surface area contributed by atoms with Gasteiger partial charge in [-0.3, -0.25) is 9.59 Å². The van der Waals surface area contributed by atoms with Crippen LogP contribution in [0.25, 0.3) is 0 Å². The zero-order chi connectivity index (χ0) is 18.4. The average molecular weight is 373 g/mol. The summed E-state index contributed by atoms with van der Waals surface area (Å²) in [5, 5.41) is 0.432. The second-order valence-corrected chi connectivity index (χ2v) is 6.47. The van der Waals surface area contributed by atoms with Crippen molar-refractivity contribution in [3.8, 4) is 5.75 Å². The fourth-order valence-electron chi connectivity index (χ4n) is 2.90. The van der Waals surface area contributed by atoms with Crippen LogP contribution in [0.4, 0.5) is 0 Å². The van der Waals surface area contributed by atoms with Crippen LogP contribution in [-0.2, 0) is 4.79 Å². The summed E-state index contributed by atoms with van der Waals surface area (Å²) in [4.78, 5) is 28.5. The first-order valence-electron chi connectivity index (χ1n) is 8.64. The van der Waals surface area contributed by atoms with Crippen LogP contribution in [0.3, 0.4) is 0 Å². The summed E-state index contributed by atoms with van der Waals surface area (Å²) < 4.78 is 5.67. The van der Waals surface area contributed by atoms with Crippen molar-refractivity contribution in [1.82, 2.24) is 9.80 Å². The lowest BCUT2D eigenvalue weighted by Gasteiger charge is -2.22. The van der Waals surface area contributed by atoms with E-state index < -0.39 is 0 Å². The fraction of sp³-hybridized carbons (Fsp3) is 0.300. The molecule has 0 N–H and O–H groups in total. The van der Waals surface area contributed by atoms with Gasteiger partial charge >= 0.3 is 0 Å². The summed E-state index contributed by atoms with van der Waals surface area (Å²) in [6.45, 7) is 2.31. The SMILES string of the molecule is O=C1CCN(C(=O)c2ccccc2Cl)CCN1CCOc1ccccc1. The molecule has 0 bridgehead atoms. The highest BCUT2D eigenvalue weighted by Crippen LogP contribution is 2.18. The van der Waals surface area contributed by atoms with Gasteiger partial charge in [0.05, 0.1) is 17.1 Å². The van der Waals surface area contributed by atoms with Gasteiger partial charge in [-0.25, -0.2) is 0 Å². The Morgan fingerprint density at radius 2 is 1.73 bits per heavy atom. The van der Waals surface area contributed by atoms with Gasteiger partial charge in [-0.15, -0.1) is 0 Å².